The largest absolute Gasteiger partial charge is 0.340 e. The molecule has 2 heterocycles. The highest BCUT2D eigenvalue weighted by atomic mass is 35.5. The molecule has 0 bridgehead atoms. The lowest BCUT2D eigenvalue weighted by Gasteiger charge is -2.24. The highest BCUT2D eigenvalue weighted by molar-refractivity contribution is 6.36. The smallest absolute Gasteiger partial charge is 0.246 e. The third-order valence-corrected chi connectivity index (χ3v) is 4.48. The maximum absolute atomic E-state index is 12.1. The van der Waals surface area contributed by atoms with Gasteiger partial charge in [-0.1, -0.05) is 29.3 Å². The summed E-state index contributed by atoms with van der Waals surface area (Å²) in [5, 5.41) is 10.5. The number of piperidine rings is 1. The van der Waals surface area contributed by atoms with Crippen molar-refractivity contribution in [1.82, 2.24) is 15.2 Å². The molecule has 1 saturated heterocycles. The Morgan fingerprint density at radius 3 is 2.61 bits per heavy atom. The number of carbonyl (C=O) groups is 1. The number of halogens is 2. The molecular formula is C15H17Cl2N5O. The number of carbonyl (C=O) groups excluding carboxylic acids is 1. The van der Waals surface area contributed by atoms with E-state index in [1.54, 1.807) is 18.2 Å². The lowest BCUT2D eigenvalue weighted by Crippen LogP contribution is -2.30. The van der Waals surface area contributed by atoms with Gasteiger partial charge in [0.15, 0.2) is 0 Å². The summed E-state index contributed by atoms with van der Waals surface area (Å²) in [6.45, 7) is 1.89. The predicted octanol–water partition coefficient (Wildman–Crippen LogP) is 3.28. The van der Waals surface area contributed by atoms with Crippen molar-refractivity contribution in [3.8, 4) is 0 Å². The van der Waals surface area contributed by atoms with Gasteiger partial charge in [-0.05, 0) is 37.0 Å². The minimum atomic E-state index is -0.249. The molecule has 1 aromatic heterocycles. The van der Waals surface area contributed by atoms with Crippen LogP contribution in [0.15, 0.2) is 18.2 Å². The molecule has 6 nitrogen and oxygen atoms in total. The summed E-state index contributed by atoms with van der Waals surface area (Å²) in [6, 6.07) is 5.16. The van der Waals surface area contributed by atoms with Crippen molar-refractivity contribution >= 4 is 41.0 Å². The van der Waals surface area contributed by atoms with Gasteiger partial charge in [0.25, 0.3) is 0 Å². The fraction of sp³-hybridized carbons (Fsp3) is 0.400. The molecule has 0 aliphatic carbocycles. The third-order valence-electron chi connectivity index (χ3n) is 3.77. The van der Waals surface area contributed by atoms with Crippen molar-refractivity contribution in [2.75, 3.05) is 23.3 Å². The summed E-state index contributed by atoms with van der Waals surface area (Å²) >= 11 is 12.2. The van der Waals surface area contributed by atoms with E-state index in [-0.39, 0.29) is 12.3 Å². The van der Waals surface area contributed by atoms with Crippen LogP contribution in [0.5, 0.6) is 0 Å². The highest BCUT2D eigenvalue weighted by Gasteiger charge is 2.17. The summed E-state index contributed by atoms with van der Waals surface area (Å²) in [6.07, 6.45) is 3.60. The van der Waals surface area contributed by atoms with Crippen molar-refractivity contribution in [3.05, 3.63) is 33.8 Å². The van der Waals surface area contributed by atoms with Crippen LogP contribution in [0.25, 0.3) is 0 Å². The van der Waals surface area contributed by atoms with Gasteiger partial charge in [-0.2, -0.15) is 4.98 Å². The average molecular weight is 354 g/mol. The number of nitrogens with zero attached hydrogens (tertiary/aromatic N) is 3. The lowest BCUT2D eigenvalue weighted by molar-refractivity contribution is -0.115. The molecule has 1 aromatic carbocycles. The molecule has 1 aliphatic heterocycles. The first kappa shape index (κ1) is 16.1. The van der Waals surface area contributed by atoms with Gasteiger partial charge in [-0.15, -0.1) is 5.10 Å². The minimum Gasteiger partial charge on any atom is -0.340 e. The molecule has 3 rings (SSSR count). The van der Waals surface area contributed by atoms with Crippen LogP contribution >= 0.6 is 23.2 Å². The van der Waals surface area contributed by atoms with Crippen LogP contribution < -0.4 is 10.2 Å². The van der Waals surface area contributed by atoms with Crippen molar-refractivity contribution < 1.29 is 4.79 Å². The molecule has 0 spiro atoms. The molecule has 2 aromatic rings. The first-order valence-corrected chi connectivity index (χ1v) is 8.29. The molecule has 1 aliphatic rings. The van der Waals surface area contributed by atoms with Crippen molar-refractivity contribution in [3.63, 3.8) is 0 Å². The average Bonchev–Trinajstić information content (AvgIpc) is 3.00. The van der Waals surface area contributed by atoms with Crippen molar-refractivity contribution in [1.29, 1.82) is 0 Å². The van der Waals surface area contributed by atoms with Crippen LogP contribution in [0.2, 0.25) is 10.0 Å². The number of H-pyrrole nitrogens is 1. The second-order valence-electron chi connectivity index (χ2n) is 5.46. The fourth-order valence-electron chi connectivity index (χ4n) is 2.58. The second-order valence-corrected chi connectivity index (χ2v) is 6.27. The number of anilines is 2. The van der Waals surface area contributed by atoms with Gasteiger partial charge in [-0.3, -0.25) is 10.1 Å². The Morgan fingerprint density at radius 2 is 1.91 bits per heavy atom. The van der Waals surface area contributed by atoms with E-state index in [0.29, 0.717) is 27.5 Å². The van der Waals surface area contributed by atoms with E-state index in [1.165, 1.54) is 6.42 Å². The standard InChI is InChI=1S/C15H17Cl2N5O/c16-11-5-4-6-12(17)10(11)9-13(23)18-14-19-15(21-20-14)22-7-2-1-3-8-22/h4-6H,1-3,7-9H2,(H2,18,19,20,21,23). The number of hydrogen-bond acceptors (Lipinski definition) is 4. The Morgan fingerprint density at radius 1 is 1.22 bits per heavy atom. The Bertz CT molecular complexity index is 677. The Labute approximate surface area is 144 Å². The maximum atomic E-state index is 12.1. The van der Waals surface area contributed by atoms with E-state index >= 15 is 0 Å². The summed E-state index contributed by atoms with van der Waals surface area (Å²) < 4.78 is 0. The van der Waals surface area contributed by atoms with Crippen LogP contribution in [-0.2, 0) is 11.2 Å². The van der Waals surface area contributed by atoms with Gasteiger partial charge in [0.05, 0.1) is 6.42 Å². The van der Waals surface area contributed by atoms with E-state index < -0.39 is 0 Å². The number of benzene rings is 1. The Kier molecular flexibility index (Phi) is 5.03. The SMILES string of the molecule is O=C(Cc1c(Cl)cccc1Cl)Nc1nc(N2CCCCC2)n[nH]1. The van der Waals surface area contributed by atoms with Crippen LogP contribution in [0, 0.1) is 0 Å². The zero-order valence-electron chi connectivity index (χ0n) is 12.5. The summed E-state index contributed by atoms with van der Waals surface area (Å²) in [7, 11) is 0. The molecule has 2 N–H and O–H groups in total. The number of nitrogens with one attached hydrogen (secondary N) is 2. The second kappa shape index (κ2) is 7.19. The molecule has 23 heavy (non-hydrogen) atoms. The summed E-state index contributed by atoms with van der Waals surface area (Å²) in [4.78, 5) is 18.6. The van der Waals surface area contributed by atoms with Gasteiger partial charge in [0.1, 0.15) is 0 Å². The number of hydrogen-bond donors (Lipinski definition) is 2. The molecule has 0 saturated carbocycles. The Balaban J connectivity index is 1.63. The van der Waals surface area contributed by atoms with Crippen molar-refractivity contribution in [2.24, 2.45) is 0 Å². The topological polar surface area (TPSA) is 73.9 Å². The fourth-order valence-corrected chi connectivity index (χ4v) is 3.11. The number of rotatable bonds is 4. The molecule has 0 atom stereocenters. The lowest BCUT2D eigenvalue weighted by atomic mass is 10.1. The number of aromatic amines is 1. The first-order chi connectivity index (χ1) is 11.1. The van der Waals surface area contributed by atoms with E-state index in [1.807, 2.05) is 0 Å². The normalized spacial score (nSPS) is 14.8. The van der Waals surface area contributed by atoms with Gasteiger partial charge in [-0.25, -0.2) is 5.10 Å². The quantitative estimate of drug-likeness (QED) is 0.884. The van der Waals surface area contributed by atoms with Crippen molar-refractivity contribution in [2.45, 2.75) is 25.7 Å². The summed E-state index contributed by atoms with van der Waals surface area (Å²) in [5.41, 5.74) is 0.601. The van der Waals surface area contributed by atoms with Gasteiger partial charge in [0, 0.05) is 23.1 Å². The molecule has 8 heteroatoms. The van der Waals surface area contributed by atoms with E-state index in [4.69, 9.17) is 23.2 Å². The minimum absolute atomic E-state index is 0.0816. The highest BCUT2D eigenvalue weighted by Crippen LogP contribution is 2.25. The predicted molar refractivity (Wildman–Crippen MR) is 91.2 cm³/mol. The molecule has 0 radical (unpaired) electrons. The molecular weight excluding hydrogens is 337 g/mol. The van der Waals surface area contributed by atoms with Crippen LogP contribution in [0.4, 0.5) is 11.9 Å². The van der Waals surface area contributed by atoms with Crippen LogP contribution in [0.1, 0.15) is 24.8 Å². The van der Waals surface area contributed by atoms with E-state index in [9.17, 15) is 4.79 Å². The zero-order valence-corrected chi connectivity index (χ0v) is 14.0. The van der Waals surface area contributed by atoms with Gasteiger partial charge >= 0.3 is 0 Å². The third kappa shape index (κ3) is 3.95. The molecule has 0 unspecified atom stereocenters. The summed E-state index contributed by atoms with van der Waals surface area (Å²) in [5.74, 6) is 0.705. The molecule has 122 valence electrons. The van der Waals surface area contributed by atoms with Crippen LogP contribution in [0.3, 0.4) is 0 Å². The first-order valence-electron chi connectivity index (χ1n) is 7.53. The van der Waals surface area contributed by atoms with E-state index in [2.05, 4.69) is 25.4 Å². The monoisotopic (exact) mass is 353 g/mol. The van der Waals surface area contributed by atoms with Crippen LogP contribution in [-0.4, -0.2) is 34.2 Å². The molecule has 1 amide bonds. The van der Waals surface area contributed by atoms with E-state index in [0.717, 1.165) is 25.9 Å². The Hall–Kier alpha value is -1.79. The van der Waals surface area contributed by atoms with Gasteiger partial charge in [0.2, 0.25) is 17.8 Å². The maximum Gasteiger partial charge on any atom is 0.246 e. The number of amides is 1. The molecule has 1 fully saturated rings. The zero-order chi connectivity index (χ0) is 16.2. The van der Waals surface area contributed by atoms with Gasteiger partial charge < -0.3 is 4.90 Å². The number of aromatic nitrogens is 3.